The van der Waals surface area contributed by atoms with Crippen LogP contribution < -0.4 is 19.5 Å². The molecule has 0 aliphatic carbocycles. The summed E-state index contributed by atoms with van der Waals surface area (Å²) in [5, 5.41) is 2.77. The van der Waals surface area contributed by atoms with Crippen LogP contribution in [0.15, 0.2) is 65.6 Å². The fourth-order valence-corrected chi connectivity index (χ4v) is 5.16. The Kier molecular flexibility index (Phi) is 6.26. The third kappa shape index (κ3) is 4.24. The Hall–Kier alpha value is -3.56. The Morgan fingerprint density at radius 1 is 0.909 bits per heavy atom. The highest BCUT2D eigenvalue weighted by atomic mass is 32.2. The molecule has 9 heteroatoms. The second-order valence-electron chi connectivity index (χ2n) is 7.19. The molecule has 3 aromatic rings. The molecule has 33 heavy (non-hydrogen) atoms. The quantitative estimate of drug-likeness (QED) is 0.531. The molecule has 3 aromatic carbocycles. The minimum atomic E-state index is -3.98. The van der Waals surface area contributed by atoms with Crippen LogP contribution in [0.1, 0.15) is 24.2 Å². The van der Waals surface area contributed by atoms with Crippen LogP contribution in [-0.4, -0.2) is 38.8 Å². The molecule has 4 rings (SSSR count). The van der Waals surface area contributed by atoms with E-state index in [9.17, 15) is 13.2 Å². The SMILES string of the molecule is CCN(CC)S(=O)(=O)c1cc2c(cc1Oc1ccccc1OC)Oc1ccccc1NC2=O. The summed E-state index contributed by atoms with van der Waals surface area (Å²) in [4.78, 5) is 12.8. The first-order valence-corrected chi connectivity index (χ1v) is 11.9. The Morgan fingerprint density at radius 3 is 2.27 bits per heavy atom. The first kappa shape index (κ1) is 22.6. The standard InChI is InChI=1S/C24H24N2O6S/c1-4-26(5-2)33(28,29)23-14-16-21(31-18-11-7-6-10-17(18)25-24(16)27)15-22(23)32-20-13-9-8-12-19(20)30-3/h6-15H,4-5H2,1-3H3,(H,25,27). The van der Waals surface area contributed by atoms with Gasteiger partial charge in [-0.3, -0.25) is 4.79 Å². The van der Waals surface area contributed by atoms with E-state index in [0.29, 0.717) is 22.9 Å². The Labute approximate surface area is 192 Å². The maximum atomic E-state index is 13.5. The maximum Gasteiger partial charge on any atom is 0.259 e. The largest absolute Gasteiger partial charge is 0.493 e. The molecule has 1 aliphatic rings. The molecule has 0 aromatic heterocycles. The molecule has 1 heterocycles. The number of ether oxygens (including phenoxy) is 3. The van der Waals surface area contributed by atoms with Crippen LogP contribution in [0.4, 0.5) is 5.69 Å². The van der Waals surface area contributed by atoms with Crippen molar-refractivity contribution in [1.29, 1.82) is 0 Å². The van der Waals surface area contributed by atoms with E-state index >= 15 is 0 Å². The normalized spacial score (nSPS) is 12.8. The van der Waals surface area contributed by atoms with Crippen molar-refractivity contribution in [3.8, 4) is 28.7 Å². The number of nitrogens with one attached hydrogen (secondary N) is 1. The van der Waals surface area contributed by atoms with E-state index in [1.165, 1.54) is 23.5 Å². The fourth-order valence-electron chi connectivity index (χ4n) is 3.58. The lowest BCUT2D eigenvalue weighted by atomic mass is 10.1. The third-order valence-electron chi connectivity index (χ3n) is 5.26. The van der Waals surface area contributed by atoms with Crippen LogP contribution in [0.25, 0.3) is 0 Å². The number of amides is 1. The zero-order valence-electron chi connectivity index (χ0n) is 18.5. The van der Waals surface area contributed by atoms with E-state index in [1.807, 2.05) is 0 Å². The Bertz CT molecular complexity index is 1300. The third-order valence-corrected chi connectivity index (χ3v) is 7.33. The van der Waals surface area contributed by atoms with Crippen LogP contribution in [0, 0.1) is 0 Å². The van der Waals surface area contributed by atoms with Gasteiger partial charge >= 0.3 is 0 Å². The molecule has 1 aliphatic heterocycles. The predicted molar refractivity (Wildman–Crippen MR) is 124 cm³/mol. The summed E-state index contributed by atoms with van der Waals surface area (Å²) in [7, 11) is -2.48. The van der Waals surface area contributed by atoms with Crippen LogP contribution in [-0.2, 0) is 10.0 Å². The molecule has 0 saturated heterocycles. The molecule has 1 amide bonds. The van der Waals surface area contributed by atoms with E-state index in [0.717, 1.165) is 0 Å². The van der Waals surface area contributed by atoms with Crippen molar-refractivity contribution >= 4 is 21.6 Å². The average Bonchev–Trinajstić information content (AvgIpc) is 2.94. The number of para-hydroxylation sites is 4. The first-order chi connectivity index (χ1) is 15.9. The van der Waals surface area contributed by atoms with Gasteiger partial charge in [0.2, 0.25) is 10.0 Å². The second kappa shape index (κ2) is 9.13. The van der Waals surface area contributed by atoms with Crippen molar-refractivity contribution in [3.63, 3.8) is 0 Å². The molecule has 0 saturated carbocycles. The Balaban J connectivity index is 1.92. The smallest absolute Gasteiger partial charge is 0.259 e. The molecule has 8 nitrogen and oxygen atoms in total. The first-order valence-electron chi connectivity index (χ1n) is 10.5. The lowest BCUT2D eigenvalue weighted by molar-refractivity contribution is 0.102. The highest BCUT2D eigenvalue weighted by Gasteiger charge is 2.31. The van der Waals surface area contributed by atoms with Crippen LogP contribution >= 0.6 is 0 Å². The summed E-state index contributed by atoms with van der Waals surface area (Å²) in [5.41, 5.74) is 0.573. The van der Waals surface area contributed by atoms with Gasteiger partial charge in [0, 0.05) is 19.2 Å². The van der Waals surface area contributed by atoms with Crippen molar-refractivity contribution in [3.05, 3.63) is 66.2 Å². The van der Waals surface area contributed by atoms with Gasteiger partial charge in [-0.25, -0.2) is 8.42 Å². The van der Waals surface area contributed by atoms with Crippen molar-refractivity contribution in [2.75, 3.05) is 25.5 Å². The molecule has 1 N–H and O–H groups in total. The van der Waals surface area contributed by atoms with Gasteiger partial charge in [-0.15, -0.1) is 0 Å². The van der Waals surface area contributed by atoms with E-state index in [1.54, 1.807) is 62.4 Å². The molecular weight excluding hydrogens is 444 g/mol. The minimum Gasteiger partial charge on any atom is -0.493 e. The average molecular weight is 469 g/mol. The number of benzene rings is 3. The van der Waals surface area contributed by atoms with E-state index < -0.39 is 15.9 Å². The fraction of sp³-hybridized carbons (Fsp3) is 0.208. The molecule has 0 unspecified atom stereocenters. The van der Waals surface area contributed by atoms with Gasteiger partial charge in [0.05, 0.1) is 18.4 Å². The van der Waals surface area contributed by atoms with Crippen LogP contribution in [0.3, 0.4) is 0 Å². The van der Waals surface area contributed by atoms with Crippen molar-refractivity contribution in [1.82, 2.24) is 4.31 Å². The number of rotatable bonds is 7. The minimum absolute atomic E-state index is 0.0253. The summed E-state index contributed by atoms with van der Waals surface area (Å²) in [6.07, 6.45) is 0. The number of anilines is 1. The van der Waals surface area contributed by atoms with E-state index in [-0.39, 0.29) is 35.0 Å². The number of carbonyl (C=O) groups is 1. The van der Waals surface area contributed by atoms with Crippen molar-refractivity contribution in [2.24, 2.45) is 0 Å². The number of hydrogen-bond donors (Lipinski definition) is 1. The molecule has 0 fully saturated rings. The highest BCUT2D eigenvalue weighted by Crippen LogP contribution is 2.43. The zero-order chi connectivity index (χ0) is 23.6. The van der Waals surface area contributed by atoms with Gasteiger partial charge in [0.1, 0.15) is 10.6 Å². The number of hydrogen-bond acceptors (Lipinski definition) is 6. The van der Waals surface area contributed by atoms with Gasteiger partial charge in [0.25, 0.3) is 5.91 Å². The predicted octanol–water partition coefficient (Wildman–Crippen LogP) is 4.88. The highest BCUT2D eigenvalue weighted by molar-refractivity contribution is 7.89. The van der Waals surface area contributed by atoms with Gasteiger partial charge in [-0.05, 0) is 30.3 Å². The van der Waals surface area contributed by atoms with Crippen molar-refractivity contribution < 1.29 is 27.4 Å². The second-order valence-corrected chi connectivity index (χ2v) is 9.10. The molecule has 0 radical (unpaired) electrons. The van der Waals surface area contributed by atoms with Crippen LogP contribution in [0.2, 0.25) is 0 Å². The topological polar surface area (TPSA) is 94.2 Å². The van der Waals surface area contributed by atoms with Crippen molar-refractivity contribution in [2.45, 2.75) is 18.7 Å². The summed E-state index contributed by atoms with van der Waals surface area (Å²) in [6, 6.07) is 16.6. The molecule has 172 valence electrons. The van der Waals surface area contributed by atoms with Gasteiger partial charge < -0.3 is 19.5 Å². The molecule has 0 bridgehead atoms. The van der Waals surface area contributed by atoms with E-state index in [4.69, 9.17) is 14.2 Å². The summed E-state index contributed by atoms with van der Waals surface area (Å²) in [6.45, 7) is 4.02. The molecule has 0 spiro atoms. The van der Waals surface area contributed by atoms with Gasteiger partial charge in [0.15, 0.2) is 23.0 Å². The van der Waals surface area contributed by atoms with Gasteiger partial charge in [-0.1, -0.05) is 38.1 Å². The van der Waals surface area contributed by atoms with E-state index in [2.05, 4.69) is 5.32 Å². The van der Waals surface area contributed by atoms with Gasteiger partial charge in [-0.2, -0.15) is 4.31 Å². The zero-order valence-corrected chi connectivity index (χ0v) is 19.3. The molecule has 0 atom stereocenters. The number of nitrogens with zero attached hydrogens (tertiary/aromatic N) is 1. The number of fused-ring (bicyclic) bond motifs is 2. The maximum absolute atomic E-state index is 13.5. The number of carbonyl (C=O) groups excluding carboxylic acids is 1. The van der Waals surface area contributed by atoms with Crippen LogP contribution in [0.5, 0.6) is 28.7 Å². The number of methoxy groups -OCH3 is 1. The summed E-state index contributed by atoms with van der Waals surface area (Å²) in [5.74, 6) is 0.928. The number of sulfonamides is 1. The Morgan fingerprint density at radius 2 is 1.58 bits per heavy atom. The molecular formula is C24H24N2O6S. The lowest BCUT2D eigenvalue weighted by Crippen LogP contribution is -2.31. The monoisotopic (exact) mass is 468 g/mol. The summed E-state index contributed by atoms with van der Waals surface area (Å²) < 4.78 is 45.7. The lowest BCUT2D eigenvalue weighted by Gasteiger charge is -2.22. The summed E-state index contributed by atoms with van der Waals surface area (Å²) >= 11 is 0.